The molecule has 0 radical (unpaired) electrons. The number of aliphatic hydroxyl groups excluding tert-OH is 1. The molecule has 4 heterocycles. The summed E-state index contributed by atoms with van der Waals surface area (Å²) < 4.78 is 13.4. The van der Waals surface area contributed by atoms with Gasteiger partial charge in [-0.3, -0.25) is 4.21 Å². The number of fused-ring (bicyclic) bond motifs is 1. The van der Waals surface area contributed by atoms with Crippen LogP contribution in [0.2, 0.25) is 0 Å². The summed E-state index contributed by atoms with van der Waals surface area (Å²) in [6, 6.07) is 0. The molecule has 1 saturated heterocycles. The van der Waals surface area contributed by atoms with Crippen LogP contribution in [-0.4, -0.2) is 60.5 Å². The second-order valence-electron chi connectivity index (χ2n) is 8.02. The number of aromatic nitrogens is 4. The maximum Gasteiger partial charge on any atom is 0.227 e. The fraction of sp³-hybridized carbons (Fsp3) is 0.667. The average Bonchev–Trinajstić information content (AvgIpc) is 3.31. The SMILES string of the molecule is O=[S@@]1CCc2nc(N3CCC(c4nnc(Br)s4)CC3)nc(NC3(CO)CCC3)c21. The minimum Gasteiger partial charge on any atom is -0.394 e. The zero-order chi connectivity index (χ0) is 20.0. The summed E-state index contributed by atoms with van der Waals surface area (Å²) in [4.78, 5) is 12.5. The van der Waals surface area contributed by atoms with E-state index < -0.39 is 10.8 Å². The van der Waals surface area contributed by atoms with E-state index in [-0.39, 0.29) is 12.1 Å². The summed E-state index contributed by atoms with van der Waals surface area (Å²) in [6.07, 6.45) is 5.59. The van der Waals surface area contributed by atoms with Crippen molar-refractivity contribution in [2.24, 2.45) is 0 Å². The maximum atomic E-state index is 12.6. The lowest BCUT2D eigenvalue weighted by atomic mass is 9.77. The molecule has 2 aromatic heterocycles. The van der Waals surface area contributed by atoms with Crippen molar-refractivity contribution in [1.82, 2.24) is 20.2 Å². The maximum absolute atomic E-state index is 12.6. The van der Waals surface area contributed by atoms with Gasteiger partial charge >= 0.3 is 0 Å². The Morgan fingerprint density at radius 2 is 2.07 bits per heavy atom. The summed E-state index contributed by atoms with van der Waals surface area (Å²) in [6.45, 7) is 1.78. The van der Waals surface area contributed by atoms with Crippen LogP contribution in [0.15, 0.2) is 8.81 Å². The molecule has 1 saturated carbocycles. The van der Waals surface area contributed by atoms with Gasteiger partial charge in [0.2, 0.25) is 5.95 Å². The Labute approximate surface area is 184 Å². The summed E-state index contributed by atoms with van der Waals surface area (Å²) >= 11 is 5.00. The minimum absolute atomic E-state index is 0.0660. The van der Waals surface area contributed by atoms with Crippen molar-refractivity contribution in [3.8, 4) is 0 Å². The molecule has 0 unspecified atom stereocenters. The number of hydrogen-bond acceptors (Lipinski definition) is 9. The van der Waals surface area contributed by atoms with Crippen LogP contribution in [0, 0.1) is 0 Å². The first-order valence-corrected chi connectivity index (χ1v) is 12.9. The van der Waals surface area contributed by atoms with Gasteiger partial charge in [0.25, 0.3) is 0 Å². The fourth-order valence-electron chi connectivity index (χ4n) is 4.29. The standard InChI is InChI=1S/C18H23BrN6O2S2/c19-16-24-23-15(28-16)11-2-7-25(8-3-11)17-20-12-4-9-29(27)13(12)14(21-17)22-18(10-26)5-1-6-18/h11,26H,1-10H2,(H,20,21,22)/t29-/m1/s1. The molecular formula is C18H23BrN6O2S2. The number of aliphatic hydroxyl groups is 1. The molecule has 0 amide bonds. The second-order valence-corrected chi connectivity index (χ2v) is 11.8. The van der Waals surface area contributed by atoms with Gasteiger partial charge in [0.05, 0.1) is 28.6 Å². The van der Waals surface area contributed by atoms with E-state index in [1.54, 1.807) is 11.3 Å². The van der Waals surface area contributed by atoms with Crippen molar-refractivity contribution in [3.05, 3.63) is 14.6 Å². The quantitative estimate of drug-likeness (QED) is 0.647. The highest BCUT2D eigenvalue weighted by Gasteiger charge is 2.39. The molecule has 156 valence electrons. The van der Waals surface area contributed by atoms with Crippen molar-refractivity contribution in [2.45, 2.75) is 54.9 Å². The van der Waals surface area contributed by atoms with Gasteiger partial charge in [-0.2, -0.15) is 4.98 Å². The Balaban J connectivity index is 1.38. The van der Waals surface area contributed by atoms with E-state index in [0.29, 0.717) is 29.9 Å². The van der Waals surface area contributed by atoms with E-state index in [4.69, 9.17) is 9.97 Å². The van der Waals surface area contributed by atoms with Crippen molar-refractivity contribution in [3.63, 3.8) is 0 Å². The minimum atomic E-state index is -1.07. The van der Waals surface area contributed by atoms with Crippen LogP contribution in [0.4, 0.5) is 11.8 Å². The van der Waals surface area contributed by atoms with Crippen molar-refractivity contribution in [2.75, 3.05) is 35.7 Å². The van der Waals surface area contributed by atoms with Crippen LogP contribution >= 0.6 is 27.3 Å². The highest BCUT2D eigenvalue weighted by Crippen LogP contribution is 2.39. The molecule has 0 aromatic carbocycles. The molecule has 5 rings (SSSR count). The Kier molecular flexibility index (Phi) is 5.34. The lowest BCUT2D eigenvalue weighted by Crippen LogP contribution is -2.48. The average molecular weight is 499 g/mol. The second kappa shape index (κ2) is 7.82. The molecule has 8 nitrogen and oxygen atoms in total. The van der Waals surface area contributed by atoms with Crippen LogP contribution in [0.5, 0.6) is 0 Å². The van der Waals surface area contributed by atoms with E-state index in [1.165, 1.54) is 0 Å². The third kappa shape index (κ3) is 3.70. The Hall–Kier alpha value is -1.17. The lowest BCUT2D eigenvalue weighted by Gasteiger charge is -2.42. The van der Waals surface area contributed by atoms with E-state index in [0.717, 1.165) is 64.7 Å². The fourth-order valence-corrected chi connectivity index (χ4v) is 6.92. The van der Waals surface area contributed by atoms with Crippen molar-refractivity contribution >= 4 is 49.8 Å². The number of hydrogen-bond donors (Lipinski definition) is 2. The predicted molar refractivity (Wildman–Crippen MR) is 116 cm³/mol. The predicted octanol–water partition coefficient (Wildman–Crippen LogP) is 2.47. The zero-order valence-corrected chi connectivity index (χ0v) is 19.2. The molecule has 1 aliphatic carbocycles. The highest BCUT2D eigenvalue weighted by molar-refractivity contribution is 9.11. The summed E-state index contributed by atoms with van der Waals surface area (Å²) in [7, 11) is -1.07. The zero-order valence-electron chi connectivity index (χ0n) is 15.9. The summed E-state index contributed by atoms with van der Waals surface area (Å²) in [5, 5.41) is 22.7. The molecule has 2 aromatic rings. The first-order chi connectivity index (χ1) is 14.1. The van der Waals surface area contributed by atoms with E-state index in [9.17, 15) is 9.32 Å². The van der Waals surface area contributed by atoms with Crippen molar-refractivity contribution in [1.29, 1.82) is 0 Å². The first-order valence-electron chi connectivity index (χ1n) is 9.99. The molecule has 2 fully saturated rings. The van der Waals surface area contributed by atoms with Crippen molar-refractivity contribution < 1.29 is 9.32 Å². The molecule has 3 aliphatic rings. The number of piperidine rings is 1. The number of aryl methyl sites for hydroxylation is 1. The molecular weight excluding hydrogens is 476 g/mol. The number of nitrogens with one attached hydrogen (secondary N) is 1. The van der Waals surface area contributed by atoms with Gasteiger partial charge in [0.1, 0.15) is 15.7 Å². The van der Waals surface area contributed by atoms with E-state index in [2.05, 4.69) is 36.3 Å². The van der Waals surface area contributed by atoms with Crippen LogP contribution in [-0.2, 0) is 17.2 Å². The Morgan fingerprint density at radius 3 is 2.69 bits per heavy atom. The molecule has 2 N–H and O–H groups in total. The molecule has 29 heavy (non-hydrogen) atoms. The molecule has 1 atom stereocenters. The van der Waals surface area contributed by atoms with Crippen LogP contribution in [0.3, 0.4) is 0 Å². The highest BCUT2D eigenvalue weighted by atomic mass is 79.9. The monoisotopic (exact) mass is 498 g/mol. The van der Waals surface area contributed by atoms with Gasteiger partial charge in [-0.25, -0.2) is 4.98 Å². The van der Waals surface area contributed by atoms with Crippen LogP contribution in [0.25, 0.3) is 0 Å². The number of anilines is 2. The normalized spacial score (nSPS) is 23.7. The number of halogens is 1. The lowest BCUT2D eigenvalue weighted by molar-refractivity contribution is 0.143. The first kappa shape index (κ1) is 19.8. The molecule has 11 heteroatoms. The smallest absolute Gasteiger partial charge is 0.227 e. The van der Waals surface area contributed by atoms with Gasteiger partial charge in [-0.15, -0.1) is 10.2 Å². The number of nitrogens with zero attached hydrogens (tertiary/aromatic N) is 5. The van der Waals surface area contributed by atoms with Crippen LogP contribution < -0.4 is 10.2 Å². The van der Waals surface area contributed by atoms with Gasteiger partial charge < -0.3 is 15.3 Å². The Bertz CT molecular complexity index is 937. The largest absolute Gasteiger partial charge is 0.394 e. The third-order valence-electron chi connectivity index (χ3n) is 6.22. The number of rotatable bonds is 5. The van der Waals surface area contributed by atoms with E-state index >= 15 is 0 Å². The summed E-state index contributed by atoms with van der Waals surface area (Å²) in [5.41, 5.74) is 0.558. The molecule has 0 bridgehead atoms. The van der Waals surface area contributed by atoms with Gasteiger partial charge in [-0.1, -0.05) is 11.3 Å². The molecule has 2 aliphatic heterocycles. The van der Waals surface area contributed by atoms with Gasteiger partial charge in [-0.05, 0) is 48.0 Å². The van der Waals surface area contributed by atoms with Gasteiger partial charge in [0, 0.05) is 31.2 Å². The third-order valence-corrected chi connectivity index (χ3v) is 9.19. The topological polar surface area (TPSA) is 104 Å². The van der Waals surface area contributed by atoms with E-state index in [1.807, 2.05) is 0 Å². The van der Waals surface area contributed by atoms with Crippen LogP contribution in [0.1, 0.15) is 48.7 Å². The summed E-state index contributed by atoms with van der Waals surface area (Å²) in [5.74, 6) is 2.38. The van der Waals surface area contributed by atoms with Gasteiger partial charge in [0.15, 0.2) is 3.92 Å². The molecule has 0 spiro atoms. The Morgan fingerprint density at radius 1 is 1.28 bits per heavy atom.